The molecule has 11 nitrogen and oxygen atoms in total. The van der Waals surface area contributed by atoms with E-state index in [9.17, 15) is 23.9 Å². The minimum Gasteiger partial charge on any atom is -0.496 e. The van der Waals surface area contributed by atoms with Crippen LogP contribution in [0.1, 0.15) is 25.0 Å². The zero-order valence-electron chi connectivity index (χ0n) is 20.1. The third kappa shape index (κ3) is 5.69. The first-order valence-electron chi connectivity index (χ1n) is 10.9. The van der Waals surface area contributed by atoms with Gasteiger partial charge < -0.3 is 14.9 Å². The Hall–Kier alpha value is -3.84. The zero-order valence-corrected chi connectivity index (χ0v) is 21.0. The van der Waals surface area contributed by atoms with Crippen LogP contribution in [0.15, 0.2) is 40.2 Å². The molecule has 3 aromatic heterocycles. The Morgan fingerprint density at radius 2 is 1.83 bits per heavy atom. The Labute approximate surface area is 208 Å². The summed E-state index contributed by atoms with van der Waals surface area (Å²) in [6, 6.07) is 4.07. The summed E-state index contributed by atoms with van der Waals surface area (Å²) in [5.74, 6) is -1.31. The molecule has 0 unspecified atom stereocenters. The van der Waals surface area contributed by atoms with Gasteiger partial charge in [0.2, 0.25) is 0 Å². The number of fused-ring (bicyclic) bond motifs is 1. The van der Waals surface area contributed by atoms with E-state index >= 15 is 0 Å². The first-order valence-corrected chi connectivity index (χ1v) is 11.7. The number of hydrogen-bond donors (Lipinski definition) is 2. The maximum Gasteiger partial charge on any atom is 0.332 e. The van der Waals surface area contributed by atoms with Gasteiger partial charge in [0, 0.05) is 18.2 Å². The van der Waals surface area contributed by atoms with Gasteiger partial charge in [0.15, 0.2) is 0 Å². The summed E-state index contributed by atoms with van der Waals surface area (Å²) in [5.41, 5.74) is -0.395. The van der Waals surface area contributed by atoms with Crippen LogP contribution in [0.25, 0.3) is 15.2 Å². The number of aliphatic hydroxyl groups is 1. The molecular weight excluding hydrogens is 493 g/mol. The van der Waals surface area contributed by atoms with E-state index in [2.05, 4.69) is 10.2 Å². The van der Waals surface area contributed by atoms with Crippen molar-refractivity contribution in [2.75, 3.05) is 7.11 Å². The number of rotatable bonds is 7. The highest BCUT2D eigenvalue weighted by molar-refractivity contribution is 7.21. The molecule has 192 valence electrons. The van der Waals surface area contributed by atoms with E-state index in [1.807, 2.05) is 0 Å². The Morgan fingerprint density at radius 1 is 1.19 bits per heavy atom. The summed E-state index contributed by atoms with van der Waals surface area (Å²) in [4.78, 5) is 39.2. The molecule has 0 radical (unpaired) electrons. The fraction of sp³-hybridized carbons (Fsp3) is 0.348. The second-order valence-corrected chi connectivity index (χ2v) is 9.03. The molecule has 4 aromatic rings. The van der Waals surface area contributed by atoms with Crippen molar-refractivity contribution in [3.8, 4) is 10.8 Å². The van der Waals surface area contributed by atoms with E-state index in [1.54, 1.807) is 20.8 Å². The number of methoxy groups -OCH3 is 1. The van der Waals surface area contributed by atoms with E-state index in [-0.39, 0.29) is 24.5 Å². The fourth-order valence-corrected chi connectivity index (χ4v) is 4.78. The molecule has 4 rings (SSSR count). The third-order valence-corrected chi connectivity index (χ3v) is 6.29. The lowest BCUT2D eigenvalue weighted by Crippen LogP contribution is -2.41. The van der Waals surface area contributed by atoms with Crippen molar-refractivity contribution in [1.82, 2.24) is 24.1 Å². The third-order valence-electron chi connectivity index (χ3n) is 5.01. The number of nitrogens with zero attached hydrogens (tertiary/aromatic N) is 5. The Morgan fingerprint density at radius 3 is 2.42 bits per heavy atom. The van der Waals surface area contributed by atoms with Gasteiger partial charge in [0.1, 0.15) is 27.9 Å². The quantitative estimate of drug-likeness (QED) is 0.378. The number of benzene rings is 1. The molecule has 0 saturated heterocycles. The summed E-state index contributed by atoms with van der Waals surface area (Å²) in [6.07, 6.45) is 3.01. The van der Waals surface area contributed by atoms with Gasteiger partial charge in [-0.05, 0) is 51.0 Å². The molecule has 0 bridgehead atoms. The van der Waals surface area contributed by atoms with Gasteiger partial charge in [-0.15, -0.1) is 4.80 Å². The number of carboxylic acids is 1. The molecule has 0 atom stereocenters. The molecule has 0 amide bonds. The first kappa shape index (κ1) is 26.8. The highest BCUT2D eigenvalue weighted by Crippen LogP contribution is 2.30. The van der Waals surface area contributed by atoms with Crippen molar-refractivity contribution in [2.24, 2.45) is 0 Å². The van der Waals surface area contributed by atoms with Gasteiger partial charge in [0.25, 0.3) is 5.56 Å². The van der Waals surface area contributed by atoms with E-state index in [1.165, 1.54) is 47.1 Å². The SMILES string of the molecule is CC(C)O.COc1ccc(F)cc1CCn1c(=O)n(CC(=O)O)c(=O)c2c(C)c(-n3nccn3)sc21. The molecule has 0 spiro atoms. The number of aliphatic hydroxyl groups excluding tert-OH is 1. The average Bonchev–Trinajstić information content (AvgIpc) is 3.44. The van der Waals surface area contributed by atoms with Crippen LogP contribution in [-0.2, 0) is 24.3 Å². The molecule has 0 aliphatic rings. The lowest BCUT2D eigenvalue weighted by molar-refractivity contribution is -0.137. The second kappa shape index (κ2) is 11.3. The second-order valence-electron chi connectivity index (χ2n) is 8.05. The zero-order chi connectivity index (χ0) is 26.6. The van der Waals surface area contributed by atoms with Crippen LogP contribution in [0.2, 0.25) is 0 Å². The lowest BCUT2D eigenvalue weighted by atomic mass is 10.1. The van der Waals surface area contributed by atoms with Crippen molar-refractivity contribution in [3.05, 3.63) is 68.4 Å². The van der Waals surface area contributed by atoms with Gasteiger partial charge in [-0.25, -0.2) is 13.8 Å². The van der Waals surface area contributed by atoms with Crippen molar-refractivity contribution < 1.29 is 24.1 Å². The maximum absolute atomic E-state index is 13.8. The summed E-state index contributed by atoms with van der Waals surface area (Å²) >= 11 is 1.15. The molecule has 0 aliphatic heterocycles. The number of ether oxygens (including phenoxy) is 1. The number of aromatic nitrogens is 5. The molecule has 2 N–H and O–H groups in total. The fourth-order valence-electron chi connectivity index (χ4n) is 3.54. The van der Waals surface area contributed by atoms with E-state index in [4.69, 9.17) is 9.84 Å². The summed E-state index contributed by atoms with van der Waals surface area (Å²) in [7, 11) is 1.46. The van der Waals surface area contributed by atoms with Crippen molar-refractivity contribution in [2.45, 2.75) is 46.4 Å². The lowest BCUT2D eigenvalue weighted by Gasteiger charge is -2.13. The maximum atomic E-state index is 13.8. The Kier molecular flexibility index (Phi) is 8.37. The monoisotopic (exact) mass is 519 g/mol. The van der Waals surface area contributed by atoms with Gasteiger partial charge in [-0.3, -0.25) is 14.2 Å². The minimum absolute atomic E-state index is 0.0704. The largest absolute Gasteiger partial charge is 0.496 e. The van der Waals surface area contributed by atoms with Gasteiger partial charge in [-0.2, -0.15) is 10.2 Å². The molecule has 1 aromatic carbocycles. The number of carboxylic acid groups (broad SMARTS) is 1. The molecule has 13 heteroatoms. The van der Waals surface area contributed by atoms with Crippen LogP contribution in [-0.4, -0.2) is 53.5 Å². The number of carbonyl (C=O) groups is 1. The van der Waals surface area contributed by atoms with Crippen molar-refractivity contribution in [3.63, 3.8) is 0 Å². The number of thiophene rings is 1. The van der Waals surface area contributed by atoms with Crippen LogP contribution in [0.3, 0.4) is 0 Å². The van der Waals surface area contributed by atoms with Gasteiger partial charge in [0.05, 0.1) is 24.9 Å². The van der Waals surface area contributed by atoms with E-state index in [0.29, 0.717) is 31.3 Å². The normalized spacial score (nSPS) is 11.0. The molecule has 3 heterocycles. The number of aryl methyl sites for hydroxylation is 3. The minimum atomic E-state index is -1.32. The van der Waals surface area contributed by atoms with Gasteiger partial charge >= 0.3 is 11.7 Å². The van der Waals surface area contributed by atoms with Crippen LogP contribution < -0.4 is 16.0 Å². The Bertz CT molecular complexity index is 1490. The van der Waals surface area contributed by atoms with Crippen molar-refractivity contribution in [1.29, 1.82) is 0 Å². The molecular formula is C23H26FN5O6S. The van der Waals surface area contributed by atoms with Crippen LogP contribution in [0, 0.1) is 12.7 Å². The molecule has 0 saturated carbocycles. The summed E-state index contributed by atoms with van der Waals surface area (Å²) in [5, 5.41) is 26.2. The van der Waals surface area contributed by atoms with Crippen LogP contribution >= 0.6 is 11.3 Å². The molecule has 0 aliphatic carbocycles. The smallest absolute Gasteiger partial charge is 0.332 e. The van der Waals surface area contributed by atoms with Crippen LogP contribution in [0.4, 0.5) is 4.39 Å². The van der Waals surface area contributed by atoms with E-state index < -0.39 is 29.6 Å². The summed E-state index contributed by atoms with van der Waals surface area (Å²) in [6.45, 7) is 4.43. The highest BCUT2D eigenvalue weighted by Gasteiger charge is 2.22. The van der Waals surface area contributed by atoms with E-state index in [0.717, 1.165) is 11.3 Å². The van der Waals surface area contributed by atoms with Gasteiger partial charge in [-0.1, -0.05) is 11.3 Å². The topological polar surface area (TPSA) is 141 Å². The standard InChI is InChI=1S/C20H18FN5O5S.C3H8O/c1-11-16-17(29)25(10-15(27)28)20(30)24(19(16)32-18(11)26-22-6-7-23-26)8-5-12-9-13(21)3-4-14(12)31-2;1-3(2)4/h3-4,6-7,9H,5,8,10H2,1-2H3,(H,27,28);3-4H,1-2H3. The average molecular weight is 520 g/mol. The molecule has 0 fully saturated rings. The number of halogens is 1. The molecule has 36 heavy (non-hydrogen) atoms. The number of aliphatic carboxylic acids is 1. The van der Waals surface area contributed by atoms with Crippen molar-refractivity contribution >= 4 is 27.5 Å². The Balaban J connectivity index is 0.000000840. The number of hydrogen-bond acceptors (Lipinski definition) is 8. The first-order chi connectivity index (χ1) is 17.0. The predicted octanol–water partition coefficient (Wildman–Crippen LogP) is 1.98. The highest BCUT2D eigenvalue weighted by atomic mass is 32.1. The van der Waals surface area contributed by atoms with Crippen LogP contribution in [0.5, 0.6) is 5.75 Å². The summed E-state index contributed by atoms with van der Waals surface area (Å²) < 4.78 is 21.1. The predicted molar refractivity (Wildman–Crippen MR) is 132 cm³/mol.